The number of benzene rings is 2. The molecule has 0 saturated carbocycles. The number of halogens is 3. The first-order valence-corrected chi connectivity index (χ1v) is 6.77. The smallest absolute Gasteiger partial charge is 0.265 e. The second-order valence-electron chi connectivity index (χ2n) is 4.42. The van der Waals surface area contributed by atoms with E-state index < -0.39 is 0 Å². The van der Waals surface area contributed by atoms with Gasteiger partial charge in [0.15, 0.2) is 0 Å². The van der Waals surface area contributed by atoms with Crippen LogP contribution in [0.2, 0.25) is 10.0 Å². The van der Waals surface area contributed by atoms with Crippen molar-refractivity contribution in [2.75, 3.05) is 0 Å². The quantitative estimate of drug-likeness (QED) is 0.656. The van der Waals surface area contributed by atoms with Gasteiger partial charge < -0.3 is 0 Å². The highest BCUT2D eigenvalue weighted by atomic mass is 35.5. The summed E-state index contributed by atoms with van der Waals surface area (Å²) in [6.07, 6.45) is 0. The molecule has 1 aromatic heterocycles. The van der Waals surface area contributed by atoms with Crippen LogP contribution in [0.15, 0.2) is 47.3 Å². The monoisotopic (exact) mass is 340 g/mol. The van der Waals surface area contributed by atoms with E-state index in [0.717, 1.165) is 0 Å². The van der Waals surface area contributed by atoms with Crippen LogP contribution in [0.25, 0.3) is 16.6 Å². The predicted octanol–water partition coefficient (Wildman–Crippen LogP) is 4.42. The number of aromatic nitrogens is 2. The second kappa shape index (κ2) is 6.06. The van der Waals surface area contributed by atoms with Gasteiger partial charge in [-0.2, -0.15) is 0 Å². The lowest BCUT2D eigenvalue weighted by atomic mass is 10.2. The highest BCUT2D eigenvalue weighted by molar-refractivity contribution is 6.42. The molecule has 1 heterocycles. The van der Waals surface area contributed by atoms with Crippen LogP contribution in [0.1, 0.15) is 5.82 Å². The molecule has 108 valence electrons. The maximum Gasteiger partial charge on any atom is 0.265 e. The average molecular weight is 342 g/mol. The van der Waals surface area contributed by atoms with E-state index in [4.69, 9.17) is 23.2 Å². The summed E-state index contributed by atoms with van der Waals surface area (Å²) in [5.41, 5.74) is 1.22. The number of para-hydroxylation sites is 1. The van der Waals surface area contributed by atoms with Crippen molar-refractivity contribution < 1.29 is 0 Å². The van der Waals surface area contributed by atoms with Crippen LogP contribution in [0.4, 0.5) is 0 Å². The van der Waals surface area contributed by atoms with Crippen molar-refractivity contribution >= 4 is 46.5 Å². The van der Waals surface area contributed by atoms with Gasteiger partial charge in [0.25, 0.3) is 5.56 Å². The Morgan fingerprint density at radius 1 is 1.05 bits per heavy atom. The maximum atomic E-state index is 12.6. The molecule has 0 amide bonds. The van der Waals surface area contributed by atoms with Gasteiger partial charge in [0.2, 0.25) is 0 Å². The molecule has 0 fully saturated rings. The molecule has 0 unspecified atom stereocenters. The lowest BCUT2D eigenvalue weighted by Crippen LogP contribution is -2.22. The molecule has 3 nitrogen and oxygen atoms in total. The fourth-order valence-electron chi connectivity index (χ4n) is 2.17. The Morgan fingerprint density at radius 3 is 2.48 bits per heavy atom. The number of rotatable bonds is 1. The molecule has 0 aliphatic rings. The van der Waals surface area contributed by atoms with Crippen LogP contribution < -0.4 is 5.56 Å². The molecule has 0 radical (unpaired) electrons. The second-order valence-corrected chi connectivity index (χ2v) is 5.23. The largest absolute Gasteiger partial charge is 0.268 e. The molecule has 0 N–H and O–H groups in total. The van der Waals surface area contributed by atoms with Gasteiger partial charge in [-0.05, 0) is 37.3 Å². The average Bonchev–Trinajstić information content (AvgIpc) is 2.43. The number of nitrogens with zero attached hydrogens (tertiary/aromatic N) is 2. The summed E-state index contributed by atoms with van der Waals surface area (Å²) in [6, 6.07) is 12.3. The van der Waals surface area contributed by atoms with Crippen molar-refractivity contribution in [1.82, 2.24) is 9.55 Å². The standard InChI is InChI=1S/C15H10Cl2N2O.ClH/c1-9-18-14-5-3-2-4-11(14)15(20)19(9)10-6-7-12(16)13(17)8-10;/h2-8H,1H3;1H. The Morgan fingerprint density at radius 2 is 1.76 bits per heavy atom. The Balaban J connectivity index is 0.00000161. The number of fused-ring (bicyclic) bond motifs is 1. The van der Waals surface area contributed by atoms with Gasteiger partial charge in [-0.1, -0.05) is 35.3 Å². The van der Waals surface area contributed by atoms with E-state index in [1.807, 2.05) is 18.2 Å². The SMILES string of the molecule is Cc1nc2ccccc2c(=O)n1-c1ccc(Cl)c(Cl)c1.Cl. The van der Waals surface area contributed by atoms with E-state index in [1.54, 1.807) is 31.2 Å². The third-order valence-electron chi connectivity index (χ3n) is 3.10. The predicted molar refractivity (Wildman–Crippen MR) is 89.3 cm³/mol. The van der Waals surface area contributed by atoms with Crippen LogP contribution in [0.3, 0.4) is 0 Å². The van der Waals surface area contributed by atoms with Gasteiger partial charge in [0.05, 0.1) is 26.6 Å². The minimum Gasteiger partial charge on any atom is -0.268 e. The van der Waals surface area contributed by atoms with Crippen molar-refractivity contribution in [2.45, 2.75) is 6.92 Å². The van der Waals surface area contributed by atoms with Crippen LogP contribution in [0, 0.1) is 6.92 Å². The first-order chi connectivity index (χ1) is 9.58. The first-order valence-electron chi connectivity index (χ1n) is 6.02. The molecule has 21 heavy (non-hydrogen) atoms. The van der Waals surface area contributed by atoms with Crippen LogP contribution in [0.5, 0.6) is 0 Å². The van der Waals surface area contributed by atoms with Gasteiger partial charge in [-0.3, -0.25) is 9.36 Å². The molecule has 0 atom stereocenters. The van der Waals surface area contributed by atoms with Crippen molar-refractivity contribution in [3.05, 3.63) is 68.7 Å². The fraction of sp³-hybridized carbons (Fsp3) is 0.0667. The zero-order chi connectivity index (χ0) is 14.3. The minimum absolute atomic E-state index is 0. The number of hydrogen-bond donors (Lipinski definition) is 0. The number of hydrogen-bond acceptors (Lipinski definition) is 2. The molecule has 0 bridgehead atoms. The summed E-state index contributed by atoms with van der Waals surface area (Å²) in [6.45, 7) is 1.79. The van der Waals surface area contributed by atoms with E-state index in [0.29, 0.717) is 32.5 Å². The highest BCUT2D eigenvalue weighted by Crippen LogP contribution is 2.24. The summed E-state index contributed by atoms with van der Waals surface area (Å²) in [5, 5.41) is 1.43. The van der Waals surface area contributed by atoms with Crippen LogP contribution in [-0.4, -0.2) is 9.55 Å². The first kappa shape index (κ1) is 15.8. The summed E-state index contributed by atoms with van der Waals surface area (Å²) >= 11 is 11.9. The zero-order valence-corrected chi connectivity index (χ0v) is 13.3. The molecule has 0 aliphatic heterocycles. The zero-order valence-electron chi connectivity index (χ0n) is 11.0. The van der Waals surface area contributed by atoms with Gasteiger partial charge in [0, 0.05) is 0 Å². The maximum absolute atomic E-state index is 12.6. The molecule has 0 spiro atoms. The normalized spacial score (nSPS) is 10.4. The number of aryl methyl sites for hydroxylation is 1. The molecule has 2 aromatic carbocycles. The van der Waals surface area contributed by atoms with Gasteiger partial charge in [0.1, 0.15) is 5.82 Å². The lowest BCUT2D eigenvalue weighted by Gasteiger charge is -2.11. The summed E-state index contributed by atoms with van der Waals surface area (Å²) in [4.78, 5) is 17.0. The summed E-state index contributed by atoms with van der Waals surface area (Å²) in [7, 11) is 0. The van der Waals surface area contributed by atoms with Crippen LogP contribution in [-0.2, 0) is 0 Å². The molecule has 3 aromatic rings. The fourth-order valence-corrected chi connectivity index (χ4v) is 2.46. The third-order valence-corrected chi connectivity index (χ3v) is 3.84. The van der Waals surface area contributed by atoms with E-state index in [-0.39, 0.29) is 18.0 Å². The Labute approximate surface area is 137 Å². The van der Waals surface area contributed by atoms with Crippen LogP contribution >= 0.6 is 35.6 Å². The Hall–Kier alpha value is -1.55. The van der Waals surface area contributed by atoms with Gasteiger partial charge in [-0.25, -0.2) is 4.98 Å². The van der Waals surface area contributed by atoms with Crippen molar-refractivity contribution in [2.24, 2.45) is 0 Å². The molecule has 6 heteroatoms. The molecular formula is C15H11Cl3N2O. The minimum atomic E-state index is -0.119. The summed E-state index contributed by atoms with van der Waals surface area (Å²) < 4.78 is 1.53. The van der Waals surface area contributed by atoms with Gasteiger partial charge >= 0.3 is 0 Å². The van der Waals surface area contributed by atoms with Crippen molar-refractivity contribution in [3.63, 3.8) is 0 Å². The van der Waals surface area contributed by atoms with E-state index in [9.17, 15) is 4.79 Å². The molecular weight excluding hydrogens is 331 g/mol. The summed E-state index contributed by atoms with van der Waals surface area (Å²) in [5.74, 6) is 0.604. The van der Waals surface area contributed by atoms with E-state index in [2.05, 4.69) is 4.98 Å². The van der Waals surface area contributed by atoms with E-state index >= 15 is 0 Å². The Kier molecular flexibility index (Phi) is 4.57. The van der Waals surface area contributed by atoms with E-state index in [1.165, 1.54) is 4.57 Å². The molecule has 3 rings (SSSR count). The topological polar surface area (TPSA) is 34.9 Å². The van der Waals surface area contributed by atoms with Gasteiger partial charge in [-0.15, -0.1) is 12.4 Å². The molecule has 0 saturated heterocycles. The third kappa shape index (κ3) is 2.77. The van der Waals surface area contributed by atoms with Crippen molar-refractivity contribution in [3.8, 4) is 5.69 Å². The molecule has 0 aliphatic carbocycles. The highest BCUT2D eigenvalue weighted by Gasteiger charge is 2.10. The Bertz CT molecular complexity index is 874. The lowest BCUT2D eigenvalue weighted by molar-refractivity contribution is 0.895. The van der Waals surface area contributed by atoms with Crippen molar-refractivity contribution in [1.29, 1.82) is 0 Å².